The molecule has 2 amide bonds. The standard InChI is InChI=1S/C20H21ClN2O2/c1-12-7-8-15(11-13(12)2)22-18(24)20(9-10-20)19(25)23-17-6-4-5-16(21)14(17)3/h4-8,11H,9-10H2,1-3H3,(H,22,24)(H,23,25). The fraction of sp³-hybridized carbons (Fsp3) is 0.300. The Morgan fingerprint density at radius 2 is 1.64 bits per heavy atom. The summed E-state index contributed by atoms with van der Waals surface area (Å²) >= 11 is 6.09. The summed E-state index contributed by atoms with van der Waals surface area (Å²) in [5.41, 5.74) is 3.42. The second-order valence-corrected chi connectivity index (χ2v) is 7.11. The molecule has 3 rings (SSSR count). The Morgan fingerprint density at radius 3 is 2.28 bits per heavy atom. The number of rotatable bonds is 4. The van der Waals surface area contributed by atoms with Gasteiger partial charge in [-0.15, -0.1) is 0 Å². The molecule has 0 aromatic heterocycles. The molecule has 1 aliphatic rings. The molecule has 2 N–H and O–H groups in total. The summed E-state index contributed by atoms with van der Waals surface area (Å²) in [6, 6.07) is 11.1. The van der Waals surface area contributed by atoms with E-state index in [0.29, 0.717) is 29.2 Å². The van der Waals surface area contributed by atoms with Crippen molar-refractivity contribution in [3.05, 3.63) is 58.1 Å². The third-order valence-electron chi connectivity index (χ3n) is 4.90. The second-order valence-electron chi connectivity index (χ2n) is 6.70. The molecule has 0 radical (unpaired) electrons. The van der Waals surface area contributed by atoms with Gasteiger partial charge in [-0.1, -0.05) is 23.7 Å². The number of anilines is 2. The highest BCUT2D eigenvalue weighted by atomic mass is 35.5. The summed E-state index contributed by atoms with van der Waals surface area (Å²) in [7, 11) is 0. The lowest BCUT2D eigenvalue weighted by molar-refractivity contribution is -0.131. The number of amides is 2. The maximum absolute atomic E-state index is 12.7. The Kier molecular flexibility index (Phi) is 4.56. The SMILES string of the molecule is Cc1ccc(NC(=O)C2(C(=O)Nc3cccc(Cl)c3C)CC2)cc1C. The van der Waals surface area contributed by atoms with Crippen molar-refractivity contribution in [3.63, 3.8) is 0 Å². The van der Waals surface area contributed by atoms with E-state index in [4.69, 9.17) is 11.6 Å². The van der Waals surface area contributed by atoms with Gasteiger partial charge in [0, 0.05) is 16.4 Å². The quantitative estimate of drug-likeness (QED) is 0.785. The van der Waals surface area contributed by atoms with Gasteiger partial charge in [-0.05, 0) is 74.6 Å². The van der Waals surface area contributed by atoms with E-state index in [1.807, 2.05) is 39.0 Å². The van der Waals surface area contributed by atoms with Crippen LogP contribution in [0.25, 0.3) is 0 Å². The van der Waals surface area contributed by atoms with Crippen LogP contribution in [0.15, 0.2) is 36.4 Å². The van der Waals surface area contributed by atoms with Crippen molar-refractivity contribution in [1.82, 2.24) is 0 Å². The summed E-state index contributed by atoms with van der Waals surface area (Å²) in [5, 5.41) is 6.32. The molecule has 0 heterocycles. The number of hydrogen-bond donors (Lipinski definition) is 2. The molecule has 0 saturated heterocycles. The van der Waals surface area contributed by atoms with Crippen LogP contribution in [0.3, 0.4) is 0 Å². The molecule has 5 heteroatoms. The fourth-order valence-corrected chi connectivity index (χ4v) is 2.91. The van der Waals surface area contributed by atoms with Crippen LogP contribution in [-0.4, -0.2) is 11.8 Å². The van der Waals surface area contributed by atoms with Crippen LogP contribution in [-0.2, 0) is 9.59 Å². The van der Waals surface area contributed by atoms with Gasteiger partial charge in [-0.3, -0.25) is 9.59 Å². The lowest BCUT2D eigenvalue weighted by Crippen LogP contribution is -2.35. The van der Waals surface area contributed by atoms with E-state index in [1.165, 1.54) is 0 Å². The molecule has 25 heavy (non-hydrogen) atoms. The van der Waals surface area contributed by atoms with Crippen LogP contribution in [0, 0.1) is 26.2 Å². The number of aryl methyl sites for hydroxylation is 2. The molecular formula is C20H21ClN2O2. The van der Waals surface area contributed by atoms with Crippen molar-refractivity contribution in [3.8, 4) is 0 Å². The zero-order valence-electron chi connectivity index (χ0n) is 14.6. The van der Waals surface area contributed by atoms with Gasteiger partial charge in [-0.2, -0.15) is 0 Å². The van der Waals surface area contributed by atoms with E-state index in [-0.39, 0.29) is 11.8 Å². The number of nitrogens with one attached hydrogen (secondary N) is 2. The minimum atomic E-state index is -0.993. The van der Waals surface area contributed by atoms with E-state index < -0.39 is 5.41 Å². The van der Waals surface area contributed by atoms with Crippen molar-refractivity contribution >= 4 is 34.8 Å². The first kappa shape index (κ1) is 17.5. The Morgan fingerprint density at radius 1 is 0.960 bits per heavy atom. The maximum atomic E-state index is 12.7. The molecule has 0 atom stereocenters. The first-order valence-electron chi connectivity index (χ1n) is 8.29. The zero-order chi connectivity index (χ0) is 18.2. The van der Waals surface area contributed by atoms with Crippen LogP contribution < -0.4 is 10.6 Å². The van der Waals surface area contributed by atoms with Crippen LogP contribution in [0.2, 0.25) is 5.02 Å². The van der Waals surface area contributed by atoms with Crippen molar-refractivity contribution in [2.45, 2.75) is 33.6 Å². The van der Waals surface area contributed by atoms with Gasteiger partial charge in [0.15, 0.2) is 0 Å². The molecule has 1 fully saturated rings. The number of carbonyl (C=O) groups excluding carboxylic acids is 2. The summed E-state index contributed by atoms with van der Waals surface area (Å²) in [4.78, 5) is 25.4. The average molecular weight is 357 g/mol. The van der Waals surface area contributed by atoms with Crippen molar-refractivity contribution in [2.24, 2.45) is 5.41 Å². The first-order valence-corrected chi connectivity index (χ1v) is 8.66. The molecule has 4 nitrogen and oxygen atoms in total. The Balaban J connectivity index is 1.74. The van der Waals surface area contributed by atoms with Crippen molar-refractivity contribution in [1.29, 1.82) is 0 Å². The van der Waals surface area contributed by atoms with E-state index in [1.54, 1.807) is 18.2 Å². The molecule has 1 saturated carbocycles. The third kappa shape index (κ3) is 3.40. The highest BCUT2D eigenvalue weighted by Crippen LogP contribution is 2.47. The molecule has 1 aliphatic carbocycles. The number of carbonyl (C=O) groups is 2. The minimum absolute atomic E-state index is 0.257. The molecule has 0 unspecified atom stereocenters. The highest BCUT2D eigenvalue weighted by Gasteiger charge is 2.56. The lowest BCUT2D eigenvalue weighted by Gasteiger charge is -2.17. The largest absolute Gasteiger partial charge is 0.325 e. The van der Waals surface area contributed by atoms with Crippen LogP contribution in [0.4, 0.5) is 11.4 Å². The van der Waals surface area contributed by atoms with E-state index >= 15 is 0 Å². The molecule has 0 spiro atoms. The Hall–Kier alpha value is -2.33. The summed E-state index contributed by atoms with van der Waals surface area (Å²) < 4.78 is 0. The normalized spacial score (nSPS) is 14.7. The van der Waals surface area contributed by atoms with Gasteiger partial charge in [-0.25, -0.2) is 0 Å². The zero-order valence-corrected chi connectivity index (χ0v) is 15.3. The number of halogens is 1. The Bertz CT molecular complexity index is 857. The van der Waals surface area contributed by atoms with E-state index in [0.717, 1.165) is 16.7 Å². The molecule has 130 valence electrons. The van der Waals surface area contributed by atoms with Gasteiger partial charge in [0.05, 0.1) is 0 Å². The van der Waals surface area contributed by atoms with Gasteiger partial charge in [0.25, 0.3) is 0 Å². The molecule has 2 aromatic rings. The van der Waals surface area contributed by atoms with Gasteiger partial charge in [0.2, 0.25) is 11.8 Å². The van der Waals surface area contributed by atoms with Crippen LogP contribution in [0.5, 0.6) is 0 Å². The van der Waals surface area contributed by atoms with Crippen LogP contribution >= 0.6 is 11.6 Å². The molecular weight excluding hydrogens is 336 g/mol. The number of benzene rings is 2. The summed E-state index contributed by atoms with van der Waals surface area (Å²) in [6.45, 7) is 5.85. The highest BCUT2D eigenvalue weighted by molar-refractivity contribution is 6.31. The maximum Gasteiger partial charge on any atom is 0.240 e. The number of hydrogen-bond acceptors (Lipinski definition) is 2. The molecule has 0 bridgehead atoms. The predicted molar refractivity (Wildman–Crippen MR) is 101 cm³/mol. The summed E-state index contributed by atoms with van der Waals surface area (Å²) in [5.74, 6) is -0.535. The molecule has 0 aliphatic heterocycles. The third-order valence-corrected chi connectivity index (χ3v) is 5.31. The van der Waals surface area contributed by atoms with E-state index in [9.17, 15) is 9.59 Å². The monoisotopic (exact) mass is 356 g/mol. The predicted octanol–water partition coefficient (Wildman–Crippen LogP) is 4.62. The fourth-order valence-electron chi connectivity index (χ4n) is 2.74. The van der Waals surface area contributed by atoms with Crippen LogP contribution in [0.1, 0.15) is 29.5 Å². The van der Waals surface area contributed by atoms with Gasteiger partial charge >= 0.3 is 0 Å². The topological polar surface area (TPSA) is 58.2 Å². The molecule has 2 aromatic carbocycles. The first-order chi connectivity index (χ1) is 11.8. The second kappa shape index (κ2) is 6.52. The summed E-state index contributed by atoms with van der Waals surface area (Å²) in [6.07, 6.45) is 1.10. The Labute approximate surface area is 152 Å². The van der Waals surface area contributed by atoms with Gasteiger partial charge in [0.1, 0.15) is 5.41 Å². The smallest absolute Gasteiger partial charge is 0.240 e. The lowest BCUT2D eigenvalue weighted by atomic mass is 10.0. The average Bonchev–Trinajstić information content (AvgIpc) is 3.37. The van der Waals surface area contributed by atoms with Gasteiger partial charge < -0.3 is 10.6 Å². The van der Waals surface area contributed by atoms with Crippen molar-refractivity contribution < 1.29 is 9.59 Å². The van der Waals surface area contributed by atoms with E-state index in [2.05, 4.69) is 10.6 Å². The van der Waals surface area contributed by atoms with Crippen molar-refractivity contribution in [2.75, 3.05) is 10.6 Å². The minimum Gasteiger partial charge on any atom is -0.325 e.